The van der Waals surface area contributed by atoms with Crippen LogP contribution in [-0.2, 0) is 4.74 Å². The normalized spacial score (nSPS) is 11.0. The lowest BCUT2D eigenvalue weighted by molar-refractivity contribution is -0.275. The molecule has 0 atom stereocenters. The fourth-order valence-corrected chi connectivity index (χ4v) is 3.59. The van der Waals surface area contributed by atoms with Gasteiger partial charge in [0, 0.05) is 12.1 Å². The molecule has 2 aromatic heterocycles. The summed E-state index contributed by atoms with van der Waals surface area (Å²) in [4.78, 5) is 29.8. The smallest absolute Gasteiger partial charge is 0.493 e. The predicted octanol–water partition coefficient (Wildman–Crippen LogP) is 7.33. The third-order valence-corrected chi connectivity index (χ3v) is 5.51. The number of hydrogen-bond donors (Lipinski definition) is 1. The minimum absolute atomic E-state index is 0.0884. The molecule has 0 spiro atoms. The van der Waals surface area contributed by atoms with Gasteiger partial charge >= 0.3 is 24.7 Å². The van der Waals surface area contributed by atoms with Crippen LogP contribution in [0, 0.1) is 11.6 Å². The molecule has 0 amide bonds. The number of ether oxygens (including phenoxy) is 7. The lowest BCUT2D eigenvalue weighted by Crippen LogP contribution is -2.17. The summed E-state index contributed by atoms with van der Waals surface area (Å²) in [6.45, 7) is 0. The molecular formula is C29H20F8N2O10. The van der Waals surface area contributed by atoms with E-state index >= 15 is 0 Å². The molecule has 2 heterocycles. The van der Waals surface area contributed by atoms with Crippen LogP contribution in [0.1, 0.15) is 20.7 Å². The van der Waals surface area contributed by atoms with Crippen molar-refractivity contribution in [2.45, 2.75) is 12.7 Å². The summed E-state index contributed by atoms with van der Waals surface area (Å²) in [6, 6.07) is 5.86. The van der Waals surface area contributed by atoms with Crippen LogP contribution in [0.3, 0.4) is 0 Å². The van der Waals surface area contributed by atoms with Crippen LogP contribution < -0.4 is 28.4 Å². The lowest BCUT2D eigenvalue weighted by Gasteiger charge is -2.14. The van der Waals surface area contributed by atoms with Crippen molar-refractivity contribution in [3.8, 4) is 46.0 Å². The number of rotatable bonds is 10. The van der Waals surface area contributed by atoms with Gasteiger partial charge in [0.15, 0.2) is 46.1 Å². The molecule has 2 aromatic carbocycles. The standard InChI is InChI=1S/C15H11F4NO5.C14H9F4NO5/c1-22-11-5-8(25-15(17,18)19)3-4-10(11)24-12-7-20-6-9(16)13(12)14(21)23-2;1-22-10-4-7(24-14(16,17)18)2-3-9(10)23-11-6-19-5-8(15)12(11)13(20)21/h3-7H,1-2H3;2-6H,1H3,(H,20,21). The van der Waals surface area contributed by atoms with E-state index in [1.807, 2.05) is 0 Å². The van der Waals surface area contributed by atoms with Crippen molar-refractivity contribution in [3.05, 3.63) is 83.9 Å². The van der Waals surface area contributed by atoms with E-state index in [0.717, 1.165) is 69.2 Å². The number of hydrogen-bond acceptors (Lipinski definition) is 11. The summed E-state index contributed by atoms with van der Waals surface area (Å²) in [6.07, 6.45) is -6.29. The quantitative estimate of drug-likeness (QED) is 0.130. The summed E-state index contributed by atoms with van der Waals surface area (Å²) < 4.78 is 133. The lowest BCUT2D eigenvalue weighted by atomic mass is 10.2. The van der Waals surface area contributed by atoms with E-state index in [0.29, 0.717) is 6.20 Å². The molecule has 0 aliphatic rings. The number of methoxy groups -OCH3 is 3. The van der Waals surface area contributed by atoms with Gasteiger partial charge in [-0.05, 0) is 24.3 Å². The van der Waals surface area contributed by atoms with Crippen LogP contribution >= 0.6 is 0 Å². The molecule has 0 saturated heterocycles. The fourth-order valence-electron chi connectivity index (χ4n) is 3.59. The van der Waals surface area contributed by atoms with Crippen molar-refractivity contribution < 1.29 is 83.0 Å². The zero-order valence-electron chi connectivity index (χ0n) is 24.8. The Hall–Kier alpha value is -6.08. The van der Waals surface area contributed by atoms with E-state index in [-0.39, 0.29) is 28.7 Å². The third-order valence-electron chi connectivity index (χ3n) is 5.51. The number of carboxylic acid groups (broad SMARTS) is 1. The summed E-state index contributed by atoms with van der Waals surface area (Å²) in [7, 11) is 3.39. The van der Waals surface area contributed by atoms with E-state index in [2.05, 4.69) is 24.2 Å². The van der Waals surface area contributed by atoms with Crippen LogP contribution in [0.5, 0.6) is 46.0 Å². The van der Waals surface area contributed by atoms with Gasteiger partial charge in [0.2, 0.25) is 0 Å². The number of halogens is 8. The Kier molecular flexibility index (Phi) is 12.0. The molecule has 0 aliphatic carbocycles. The average Bonchev–Trinajstić information content (AvgIpc) is 3.01. The van der Waals surface area contributed by atoms with Gasteiger partial charge in [-0.2, -0.15) is 0 Å². The molecule has 49 heavy (non-hydrogen) atoms. The Labute approximate surface area is 269 Å². The van der Waals surface area contributed by atoms with Crippen molar-refractivity contribution in [3.63, 3.8) is 0 Å². The highest BCUT2D eigenvalue weighted by atomic mass is 19.4. The second-order valence-electron chi connectivity index (χ2n) is 8.71. The van der Waals surface area contributed by atoms with Gasteiger partial charge in [-0.3, -0.25) is 9.97 Å². The van der Waals surface area contributed by atoms with Crippen LogP contribution in [0.15, 0.2) is 61.2 Å². The third kappa shape index (κ3) is 10.5. The van der Waals surface area contributed by atoms with E-state index < -0.39 is 64.7 Å². The SMILES string of the molecule is COC(=O)c1c(F)cncc1Oc1ccc(OC(F)(F)F)cc1OC.COc1cc(OC(F)(F)F)ccc1Oc1cncc(F)c1C(=O)O. The first-order valence-electron chi connectivity index (χ1n) is 12.8. The second-order valence-corrected chi connectivity index (χ2v) is 8.71. The topological polar surface area (TPSA) is 145 Å². The Bertz CT molecular complexity index is 1800. The van der Waals surface area contributed by atoms with Crippen LogP contribution in [0.4, 0.5) is 35.1 Å². The first-order chi connectivity index (χ1) is 23.0. The van der Waals surface area contributed by atoms with Gasteiger partial charge in [-0.25, -0.2) is 18.4 Å². The molecule has 4 rings (SSSR count). The number of pyridine rings is 2. The number of carboxylic acids is 1. The Morgan fingerprint density at radius 2 is 1.02 bits per heavy atom. The van der Waals surface area contributed by atoms with Crippen LogP contribution in [-0.4, -0.2) is 61.1 Å². The maximum atomic E-state index is 13.8. The summed E-state index contributed by atoms with van der Waals surface area (Å²) in [5, 5.41) is 9.00. The van der Waals surface area contributed by atoms with E-state index in [1.54, 1.807) is 0 Å². The molecule has 262 valence electrons. The van der Waals surface area contributed by atoms with Gasteiger partial charge in [-0.1, -0.05) is 0 Å². The second kappa shape index (κ2) is 15.7. The minimum Gasteiger partial charge on any atom is -0.493 e. The van der Waals surface area contributed by atoms with E-state index in [9.17, 15) is 44.7 Å². The van der Waals surface area contributed by atoms with Crippen LogP contribution in [0.2, 0.25) is 0 Å². The zero-order chi connectivity index (χ0) is 36.5. The highest BCUT2D eigenvalue weighted by molar-refractivity contribution is 5.92. The van der Waals surface area contributed by atoms with Gasteiger partial charge in [0.05, 0.1) is 46.1 Å². The van der Waals surface area contributed by atoms with Crippen molar-refractivity contribution in [1.82, 2.24) is 9.97 Å². The molecule has 0 unspecified atom stereocenters. The number of nitrogens with zero attached hydrogens (tertiary/aromatic N) is 2. The first-order valence-corrected chi connectivity index (χ1v) is 12.8. The number of benzene rings is 2. The molecule has 4 aromatic rings. The van der Waals surface area contributed by atoms with Gasteiger partial charge < -0.3 is 38.3 Å². The van der Waals surface area contributed by atoms with Crippen LogP contribution in [0.25, 0.3) is 0 Å². The van der Waals surface area contributed by atoms with Gasteiger partial charge in [0.1, 0.15) is 22.6 Å². The number of aromatic nitrogens is 2. The molecule has 0 aliphatic heterocycles. The largest absolute Gasteiger partial charge is 0.573 e. The van der Waals surface area contributed by atoms with E-state index in [1.165, 1.54) is 7.11 Å². The molecule has 1 N–H and O–H groups in total. The number of alkyl halides is 6. The van der Waals surface area contributed by atoms with Gasteiger partial charge in [0.25, 0.3) is 0 Å². The van der Waals surface area contributed by atoms with Gasteiger partial charge in [-0.15, -0.1) is 26.3 Å². The molecule has 0 radical (unpaired) electrons. The Balaban J connectivity index is 0.000000266. The molecular weight excluding hydrogens is 688 g/mol. The molecule has 0 saturated carbocycles. The van der Waals surface area contributed by atoms with E-state index in [4.69, 9.17) is 24.1 Å². The number of carbonyl (C=O) groups is 2. The molecule has 12 nitrogen and oxygen atoms in total. The van der Waals surface area contributed by atoms with Crippen molar-refractivity contribution in [1.29, 1.82) is 0 Å². The van der Waals surface area contributed by atoms with Crippen molar-refractivity contribution in [2.24, 2.45) is 0 Å². The highest BCUT2D eigenvalue weighted by Gasteiger charge is 2.32. The predicted molar refractivity (Wildman–Crippen MR) is 146 cm³/mol. The number of esters is 1. The monoisotopic (exact) mass is 708 g/mol. The van der Waals surface area contributed by atoms with Crippen molar-refractivity contribution >= 4 is 11.9 Å². The molecule has 0 fully saturated rings. The molecule has 20 heteroatoms. The number of aromatic carboxylic acids is 1. The highest BCUT2D eigenvalue weighted by Crippen LogP contribution is 2.39. The first kappa shape index (κ1) is 37.4. The maximum absolute atomic E-state index is 13.8. The van der Waals surface area contributed by atoms with Crippen molar-refractivity contribution in [2.75, 3.05) is 21.3 Å². The Morgan fingerprint density at radius 3 is 1.39 bits per heavy atom. The summed E-state index contributed by atoms with van der Waals surface area (Å²) in [5.74, 6) is -7.12. The summed E-state index contributed by atoms with van der Waals surface area (Å²) in [5.41, 5.74) is -1.29. The zero-order valence-corrected chi connectivity index (χ0v) is 24.8. The maximum Gasteiger partial charge on any atom is 0.573 e. The Morgan fingerprint density at radius 1 is 0.612 bits per heavy atom. The average molecular weight is 708 g/mol. The summed E-state index contributed by atoms with van der Waals surface area (Å²) >= 11 is 0. The molecule has 0 bridgehead atoms. The fraction of sp³-hybridized carbons (Fsp3) is 0.172. The minimum atomic E-state index is -4.89. The number of carbonyl (C=O) groups excluding carboxylic acids is 1.